The SMILES string of the molecule is CC1(CC(=O)C(=O)Nc2ccc3c(=O)onc(CI)c3c2)CC1. The number of hydrogen-bond acceptors (Lipinski definition) is 5. The molecule has 0 bridgehead atoms. The molecule has 1 aliphatic rings. The Labute approximate surface area is 145 Å². The van der Waals surface area contributed by atoms with Crippen molar-refractivity contribution < 1.29 is 14.1 Å². The van der Waals surface area contributed by atoms with E-state index in [0.717, 1.165) is 12.8 Å². The minimum absolute atomic E-state index is 0.00489. The molecule has 1 saturated carbocycles. The number of fused-ring (bicyclic) bond motifs is 1. The monoisotopic (exact) mass is 426 g/mol. The summed E-state index contributed by atoms with van der Waals surface area (Å²) in [7, 11) is 0. The minimum atomic E-state index is -0.621. The second kappa shape index (κ2) is 6.03. The van der Waals surface area contributed by atoms with Crippen molar-refractivity contribution in [1.29, 1.82) is 0 Å². The molecule has 2 aromatic rings. The van der Waals surface area contributed by atoms with Gasteiger partial charge in [-0.1, -0.05) is 34.7 Å². The third-order valence-corrected chi connectivity index (χ3v) is 4.84. The lowest BCUT2D eigenvalue weighted by Crippen LogP contribution is -2.24. The van der Waals surface area contributed by atoms with Gasteiger partial charge in [0, 0.05) is 21.9 Å². The Bertz CT molecular complexity index is 855. The largest absolute Gasteiger partial charge is 0.366 e. The summed E-state index contributed by atoms with van der Waals surface area (Å²) in [5.41, 5.74) is 0.558. The Morgan fingerprint density at radius 1 is 1.35 bits per heavy atom. The Hall–Kier alpha value is -1.77. The predicted octanol–water partition coefficient (Wildman–Crippen LogP) is 2.82. The average molecular weight is 426 g/mol. The van der Waals surface area contributed by atoms with Gasteiger partial charge in [-0.25, -0.2) is 4.79 Å². The van der Waals surface area contributed by atoms with Gasteiger partial charge in [0.1, 0.15) is 0 Å². The van der Waals surface area contributed by atoms with Gasteiger partial charge in [0.05, 0.1) is 11.1 Å². The molecule has 0 unspecified atom stereocenters. The Kier molecular flexibility index (Phi) is 4.22. The molecule has 1 amide bonds. The van der Waals surface area contributed by atoms with Crippen molar-refractivity contribution in [3.05, 3.63) is 34.3 Å². The number of Topliss-reactive ketones (excluding diaryl/α,β-unsaturated/α-hetero) is 1. The fraction of sp³-hybridized carbons (Fsp3) is 0.375. The molecule has 0 aliphatic heterocycles. The topological polar surface area (TPSA) is 89.3 Å². The second-order valence-corrected chi connectivity index (χ2v) is 6.94. The number of ketones is 1. The highest BCUT2D eigenvalue weighted by atomic mass is 127. The van der Waals surface area contributed by atoms with Gasteiger partial charge in [0.2, 0.25) is 5.78 Å². The molecule has 1 aromatic heterocycles. The van der Waals surface area contributed by atoms with Crippen LogP contribution in [0.3, 0.4) is 0 Å². The molecule has 3 rings (SSSR count). The van der Waals surface area contributed by atoms with Gasteiger partial charge in [-0.3, -0.25) is 9.59 Å². The van der Waals surface area contributed by atoms with Crippen molar-refractivity contribution in [3.8, 4) is 0 Å². The van der Waals surface area contributed by atoms with Crippen LogP contribution >= 0.6 is 22.6 Å². The first kappa shape index (κ1) is 16.1. The van der Waals surface area contributed by atoms with Crippen LogP contribution in [0.25, 0.3) is 10.8 Å². The van der Waals surface area contributed by atoms with E-state index in [1.807, 2.05) is 6.92 Å². The van der Waals surface area contributed by atoms with Crippen LogP contribution < -0.4 is 10.9 Å². The van der Waals surface area contributed by atoms with E-state index in [2.05, 4.69) is 33.1 Å². The molecule has 7 heteroatoms. The Balaban J connectivity index is 1.84. The van der Waals surface area contributed by atoms with Gasteiger partial charge < -0.3 is 9.84 Å². The lowest BCUT2D eigenvalue weighted by atomic mass is 10.0. The number of benzene rings is 1. The number of carbonyl (C=O) groups excluding carboxylic acids is 2. The van der Waals surface area contributed by atoms with Crippen molar-refractivity contribution >= 4 is 50.7 Å². The van der Waals surface area contributed by atoms with Crippen LogP contribution in [-0.2, 0) is 14.0 Å². The summed E-state index contributed by atoms with van der Waals surface area (Å²) < 4.78 is 5.29. The molecule has 120 valence electrons. The van der Waals surface area contributed by atoms with Crippen LogP contribution in [0.2, 0.25) is 0 Å². The normalized spacial score (nSPS) is 15.4. The Morgan fingerprint density at radius 3 is 2.74 bits per heavy atom. The molecular formula is C16H15IN2O4. The zero-order chi connectivity index (χ0) is 16.6. The predicted molar refractivity (Wildman–Crippen MR) is 93.6 cm³/mol. The maximum Gasteiger partial charge on any atom is 0.366 e. The number of anilines is 1. The average Bonchev–Trinajstić information content (AvgIpc) is 3.24. The number of nitrogens with zero attached hydrogens (tertiary/aromatic N) is 1. The number of halogens is 1. The molecule has 23 heavy (non-hydrogen) atoms. The molecule has 1 aliphatic carbocycles. The summed E-state index contributed by atoms with van der Waals surface area (Å²) in [6.45, 7) is 2.01. The molecule has 0 saturated heterocycles. The molecule has 1 aromatic carbocycles. The van der Waals surface area contributed by atoms with Gasteiger partial charge in [-0.05, 0) is 36.5 Å². The standard InChI is InChI=1S/C16H15IN2O4/c1-16(4-5-16)7-13(20)14(21)18-9-2-3-10-11(6-9)12(8-17)19-23-15(10)22/h2-3,6H,4-5,7-8H2,1H3,(H,18,21). The van der Waals surface area contributed by atoms with Crippen LogP contribution in [-0.4, -0.2) is 16.8 Å². The number of rotatable bonds is 5. The highest BCUT2D eigenvalue weighted by Crippen LogP contribution is 2.48. The maximum atomic E-state index is 12.0. The fourth-order valence-corrected chi connectivity index (χ4v) is 2.94. The molecule has 0 spiro atoms. The summed E-state index contributed by atoms with van der Waals surface area (Å²) in [4.78, 5) is 35.6. The zero-order valence-electron chi connectivity index (χ0n) is 12.5. The minimum Gasteiger partial charge on any atom is -0.319 e. The summed E-state index contributed by atoms with van der Waals surface area (Å²) in [5, 5.41) is 7.39. The summed E-state index contributed by atoms with van der Waals surface area (Å²) >= 11 is 2.12. The van der Waals surface area contributed by atoms with Crippen molar-refractivity contribution in [3.63, 3.8) is 0 Å². The molecule has 0 atom stereocenters. The van der Waals surface area contributed by atoms with Gasteiger partial charge >= 0.3 is 5.63 Å². The van der Waals surface area contributed by atoms with Gasteiger partial charge in [-0.15, -0.1) is 0 Å². The lowest BCUT2D eigenvalue weighted by molar-refractivity contribution is -0.135. The van der Waals surface area contributed by atoms with Crippen LogP contribution in [0.5, 0.6) is 0 Å². The molecule has 1 heterocycles. The van der Waals surface area contributed by atoms with Crippen LogP contribution in [0.4, 0.5) is 5.69 Å². The first-order chi connectivity index (χ1) is 10.9. The van der Waals surface area contributed by atoms with Crippen molar-refractivity contribution in [2.24, 2.45) is 5.41 Å². The number of hydrogen-bond donors (Lipinski definition) is 1. The van der Waals surface area contributed by atoms with Crippen LogP contribution in [0.15, 0.2) is 27.5 Å². The molecule has 6 nitrogen and oxygen atoms in total. The maximum absolute atomic E-state index is 12.0. The number of aromatic nitrogens is 1. The smallest absolute Gasteiger partial charge is 0.319 e. The fourth-order valence-electron chi connectivity index (χ4n) is 2.39. The lowest BCUT2D eigenvalue weighted by Gasteiger charge is -2.09. The van der Waals surface area contributed by atoms with E-state index in [-0.39, 0.29) is 11.8 Å². The highest BCUT2D eigenvalue weighted by molar-refractivity contribution is 14.1. The number of carbonyl (C=O) groups is 2. The van der Waals surface area contributed by atoms with Crippen molar-refractivity contribution in [1.82, 2.24) is 5.16 Å². The molecule has 1 fully saturated rings. The van der Waals surface area contributed by atoms with E-state index >= 15 is 0 Å². The number of amides is 1. The number of alkyl halides is 1. The zero-order valence-corrected chi connectivity index (χ0v) is 14.7. The molecule has 1 N–H and O–H groups in total. The number of nitrogens with one attached hydrogen (secondary N) is 1. The van der Waals surface area contributed by atoms with Crippen LogP contribution in [0.1, 0.15) is 31.9 Å². The first-order valence-corrected chi connectivity index (χ1v) is 8.77. The van der Waals surface area contributed by atoms with Gasteiger partial charge in [-0.2, -0.15) is 0 Å². The second-order valence-electron chi connectivity index (χ2n) is 6.18. The molecular weight excluding hydrogens is 411 g/mol. The van der Waals surface area contributed by atoms with E-state index in [1.54, 1.807) is 18.2 Å². The van der Waals surface area contributed by atoms with E-state index in [4.69, 9.17) is 4.52 Å². The third-order valence-electron chi connectivity index (χ3n) is 4.12. The quantitative estimate of drug-likeness (QED) is 0.451. The summed E-state index contributed by atoms with van der Waals surface area (Å²) in [6.07, 6.45) is 2.25. The van der Waals surface area contributed by atoms with E-state index in [1.165, 1.54) is 0 Å². The highest BCUT2D eigenvalue weighted by Gasteiger charge is 2.40. The van der Waals surface area contributed by atoms with Gasteiger partial charge in [0.25, 0.3) is 5.91 Å². The first-order valence-electron chi connectivity index (χ1n) is 7.25. The summed E-state index contributed by atoms with van der Waals surface area (Å²) in [5.74, 6) is -1.03. The van der Waals surface area contributed by atoms with Crippen molar-refractivity contribution in [2.45, 2.75) is 30.6 Å². The van der Waals surface area contributed by atoms with E-state index in [9.17, 15) is 14.4 Å². The van der Waals surface area contributed by atoms with E-state index < -0.39 is 17.3 Å². The Morgan fingerprint density at radius 2 is 2.09 bits per heavy atom. The molecule has 0 radical (unpaired) electrons. The third kappa shape index (κ3) is 3.44. The van der Waals surface area contributed by atoms with Gasteiger partial charge in [0.15, 0.2) is 0 Å². The van der Waals surface area contributed by atoms with Crippen LogP contribution in [0, 0.1) is 5.41 Å². The van der Waals surface area contributed by atoms with Crippen molar-refractivity contribution in [2.75, 3.05) is 5.32 Å². The summed E-state index contributed by atoms with van der Waals surface area (Å²) in [6, 6.07) is 4.80. The van der Waals surface area contributed by atoms with E-state index in [0.29, 0.717) is 26.6 Å².